The molecular weight excluding hydrogens is 206 g/mol. The lowest BCUT2D eigenvalue weighted by molar-refractivity contribution is 0.441. The van der Waals surface area contributed by atoms with Crippen molar-refractivity contribution in [2.75, 3.05) is 12.0 Å². The standard InChI is InChI=1S/C11H23N3S/c1-9(8-15-2)13-11(12)14-10-6-4-3-5-7-10/h9-10H,3-8H2,1-2H3,(H3,12,13,14). The van der Waals surface area contributed by atoms with Crippen LogP contribution in [-0.2, 0) is 0 Å². The fourth-order valence-corrected chi connectivity index (χ4v) is 2.57. The van der Waals surface area contributed by atoms with E-state index in [9.17, 15) is 0 Å². The van der Waals surface area contributed by atoms with Gasteiger partial charge in [0.15, 0.2) is 5.96 Å². The fraction of sp³-hybridized carbons (Fsp3) is 0.909. The Morgan fingerprint density at radius 2 is 2.13 bits per heavy atom. The molecule has 1 fully saturated rings. The quantitative estimate of drug-likeness (QED) is 0.572. The van der Waals surface area contributed by atoms with Crippen LogP contribution in [0.1, 0.15) is 39.0 Å². The SMILES string of the molecule is CSCC(C)NC(N)=NC1CCCCC1. The summed E-state index contributed by atoms with van der Waals surface area (Å²) in [6.45, 7) is 2.14. The fourth-order valence-electron chi connectivity index (χ4n) is 1.99. The average Bonchev–Trinajstić information content (AvgIpc) is 2.19. The van der Waals surface area contributed by atoms with Crippen molar-refractivity contribution in [2.24, 2.45) is 10.7 Å². The first kappa shape index (κ1) is 12.7. The van der Waals surface area contributed by atoms with Gasteiger partial charge in [-0.1, -0.05) is 19.3 Å². The lowest BCUT2D eigenvalue weighted by Crippen LogP contribution is -2.40. The maximum atomic E-state index is 5.87. The normalized spacial score (nSPS) is 21.3. The second kappa shape index (κ2) is 6.99. The number of hydrogen-bond donors (Lipinski definition) is 2. The van der Waals surface area contributed by atoms with E-state index in [0.29, 0.717) is 18.0 Å². The molecule has 1 saturated carbocycles. The molecule has 1 rings (SSSR count). The minimum atomic E-state index is 0.410. The molecule has 0 bridgehead atoms. The maximum Gasteiger partial charge on any atom is 0.189 e. The third-order valence-corrected chi connectivity index (χ3v) is 3.54. The monoisotopic (exact) mass is 229 g/mol. The first-order valence-electron chi connectivity index (χ1n) is 5.81. The van der Waals surface area contributed by atoms with Crippen LogP contribution in [0.5, 0.6) is 0 Å². The van der Waals surface area contributed by atoms with Crippen molar-refractivity contribution in [2.45, 2.75) is 51.1 Å². The molecule has 0 spiro atoms. The number of nitrogens with one attached hydrogen (secondary N) is 1. The van der Waals surface area contributed by atoms with Crippen molar-refractivity contribution in [3.63, 3.8) is 0 Å². The van der Waals surface area contributed by atoms with Crippen LogP contribution in [-0.4, -0.2) is 30.1 Å². The molecule has 0 aliphatic heterocycles. The van der Waals surface area contributed by atoms with Crippen molar-refractivity contribution < 1.29 is 0 Å². The van der Waals surface area contributed by atoms with Crippen molar-refractivity contribution in [3.05, 3.63) is 0 Å². The number of guanidine groups is 1. The Kier molecular flexibility index (Phi) is 5.91. The van der Waals surface area contributed by atoms with Gasteiger partial charge in [0.2, 0.25) is 0 Å². The first-order chi connectivity index (χ1) is 7.22. The molecule has 1 unspecified atom stereocenters. The summed E-state index contributed by atoms with van der Waals surface area (Å²) in [6.07, 6.45) is 8.50. The minimum Gasteiger partial charge on any atom is -0.370 e. The predicted octanol–water partition coefficient (Wildman–Crippen LogP) is 1.97. The van der Waals surface area contributed by atoms with E-state index >= 15 is 0 Å². The van der Waals surface area contributed by atoms with Crippen molar-refractivity contribution in [1.29, 1.82) is 0 Å². The van der Waals surface area contributed by atoms with Gasteiger partial charge in [-0.25, -0.2) is 0 Å². The molecule has 15 heavy (non-hydrogen) atoms. The maximum absolute atomic E-state index is 5.87. The average molecular weight is 229 g/mol. The van der Waals surface area contributed by atoms with Crippen LogP contribution in [0.4, 0.5) is 0 Å². The van der Waals surface area contributed by atoms with E-state index in [0.717, 1.165) is 5.75 Å². The van der Waals surface area contributed by atoms with E-state index in [-0.39, 0.29) is 0 Å². The summed E-state index contributed by atoms with van der Waals surface area (Å²) in [5.74, 6) is 1.70. The molecule has 1 atom stereocenters. The number of nitrogens with two attached hydrogens (primary N) is 1. The van der Waals surface area contributed by atoms with Gasteiger partial charge in [-0.3, -0.25) is 4.99 Å². The molecule has 0 amide bonds. The Balaban J connectivity index is 2.30. The summed E-state index contributed by atoms with van der Waals surface area (Å²) in [7, 11) is 0. The topological polar surface area (TPSA) is 50.4 Å². The molecule has 4 heteroatoms. The Bertz CT molecular complexity index is 200. The smallest absolute Gasteiger partial charge is 0.189 e. The molecule has 3 nitrogen and oxygen atoms in total. The van der Waals surface area contributed by atoms with Gasteiger partial charge in [0.1, 0.15) is 0 Å². The molecule has 88 valence electrons. The van der Waals surface area contributed by atoms with Crippen LogP contribution in [0, 0.1) is 0 Å². The molecule has 1 aliphatic carbocycles. The zero-order valence-electron chi connectivity index (χ0n) is 9.83. The predicted molar refractivity (Wildman–Crippen MR) is 69.5 cm³/mol. The van der Waals surface area contributed by atoms with Gasteiger partial charge < -0.3 is 11.1 Å². The van der Waals surface area contributed by atoms with Crippen LogP contribution in [0.3, 0.4) is 0 Å². The number of hydrogen-bond acceptors (Lipinski definition) is 2. The molecule has 0 heterocycles. The largest absolute Gasteiger partial charge is 0.370 e. The highest BCUT2D eigenvalue weighted by Crippen LogP contribution is 2.19. The second-order valence-corrected chi connectivity index (χ2v) is 5.22. The zero-order valence-corrected chi connectivity index (χ0v) is 10.6. The molecule has 3 N–H and O–H groups in total. The van der Waals surface area contributed by atoms with Crippen LogP contribution in [0.15, 0.2) is 4.99 Å². The summed E-state index contributed by atoms with van der Waals surface area (Å²) in [4.78, 5) is 4.53. The molecular formula is C11H23N3S. The van der Waals surface area contributed by atoms with Gasteiger partial charge in [0, 0.05) is 11.8 Å². The van der Waals surface area contributed by atoms with Crippen molar-refractivity contribution in [3.8, 4) is 0 Å². The summed E-state index contributed by atoms with van der Waals surface area (Å²) in [5, 5.41) is 3.23. The molecule has 0 aromatic heterocycles. The van der Waals surface area contributed by atoms with Crippen LogP contribution in [0.2, 0.25) is 0 Å². The number of aliphatic imine (C=N–C) groups is 1. The van der Waals surface area contributed by atoms with Gasteiger partial charge >= 0.3 is 0 Å². The van der Waals surface area contributed by atoms with Gasteiger partial charge in [-0.15, -0.1) is 0 Å². The van der Waals surface area contributed by atoms with Gasteiger partial charge in [0.25, 0.3) is 0 Å². The Morgan fingerprint density at radius 1 is 1.47 bits per heavy atom. The Hall–Kier alpha value is -0.380. The molecule has 1 aliphatic rings. The van der Waals surface area contributed by atoms with Crippen molar-refractivity contribution >= 4 is 17.7 Å². The summed E-state index contributed by atoms with van der Waals surface area (Å²) in [6, 6.07) is 0.875. The van der Waals surface area contributed by atoms with E-state index in [2.05, 4.69) is 23.5 Å². The highest BCUT2D eigenvalue weighted by atomic mass is 32.2. The summed E-state index contributed by atoms with van der Waals surface area (Å²) in [5.41, 5.74) is 5.87. The number of rotatable bonds is 4. The summed E-state index contributed by atoms with van der Waals surface area (Å²) < 4.78 is 0. The lowest BCUT2D eigenvalue weighted by atomic mass is 9.96. The first-order valence-corrected chi connectivity index (χ1v) is 7.20. The third-order valence-electron chi connectivity index (χ3n) is 2.71. The van der Waals surface area contributed by atoms with Gasteiger partial charge in [0.05, 0.1) is 6.04 Å². The molecule has 0 saturated heterocycles. The Morgan fingerprint density at radius 3 is 2.73 bits per heavy atom. The van der Waals surface area contributed by atoms with Crippen molar-refractivity contribution in [1.82, 2.24) is 5.32 Å². The third kappa shape index (κ3) is 5.30. The highest BCUT2D eigenvalue weighted by molar-refractivity contribution is 7.98. The second-order valence-electron chi connectivity index (χ2n) is 4.31. The Labute approximate surface area is 97.3 Å². The number of thioether (sulfide) groups is 1. The molecule has 0 aromatic carbocycles. The minimum absolute atomic E-state index is 0.410. The summed E-state index contributed by atoms with van der Waals surface area (Å²) >= 11 is 1.82. The molecule has 0 radical (unpaired) electrons. The van der Waals surface area contributed by atoms with E-state index in [1.807, 2.05) is 11.8 Å². The number of nitrogens with zero attached hydrogens (tertiary/aromatic N) is 1. The van der Waals surface area contributed by atoms with E-state index < -0.39 is 0 Å². The van der Waals surface area contributed by atoms with Crippen LogP contribution >= 0.6 is 11.8 Å². The van der Waals surface area contributed by atoms with Gasteiger partial charge in [-0.05, 0) is 26.0 Å². The van der Waals surface area contributed by atoms with Crippen LogP contribution in [0.25, 0.3) is 0 Å². The molecule has 0 aromatic rings. The van der Waals surface area contributed by atoms with E-state index in [1.165, 1.54) is 32.1 Å². The van der Waals surface area contributed by atoms with E-state index in [1.54, 1.807) is 0 Å². The van der Waals surface area contributed by atoms with E-state index in [4.69, 9.17) is 5.73 Å². The zero-order chi connectivity index (χ0) is 11.1. The van der Waals surface area contributed by atoms with Gasteiger partial charge in [-0.2, -0.15) is 11.8 Å². The van der Waals surface area contributed by atoms with Crippen LogP contribution < -0.4 is 11.1 Å². The lowest BCUT2D eigenvalue weighted by Gasteiger charge is -2.20. The highest BCUT2D eigenvalue weighted by Gasteiger charge is 2.12.